The molecule has 1 aromatic rings. The highest BCUT2D eigenvalue weighted by molar-refractivity contribution is 5.97. The summed E-state index contributed by atoms with van der Waals surface area (Å²) in [5.41, 5.74) is 1.65. The zero-order valence-corrected chi connectivity index (χ0v) is 14.4. The number of benzene rings is 1. The predicted octanol–water partition coefficient (Wildman–Crippen LogP) is 1.49. The first-order chi connectivity index (χ1) is 12.2. The van der Waals surface area contributed by atoms with Crippen LogP contribution in [0, 0.1) is 11.3 Å². The molecule has 134 valence electrons. The van der Waals surface area contributed by atoms with Crippen molar-refractivity contribution in [3.63, 3.8) is 0 Å². The number of rotatable bonds is 3. The maximum Gasteiger partial charge on any atom is 0.254 e. The third-order valence-electron chi connectivity index (χ3n) is 5.80. The van der Waals surface area contributed by atoms with Gasteiger partial charge in [0.1, 0.15) is 0 Å². The lowest BCUT2D eigenvalue weighted by molar-refractivity contribution is -0.118. The molecule has 25 heavy (non-hydrogen) atoms. The maximum atomic E-state index is 12.5. The second kappa shape index (κ2) is 6.77. The molecule has 2 heterocycles. The molecule has 6 heteroatoms. The fourth-order valence-electron chi connectivity index (χ4n) is 4.07. The summed E-state index contributed by atoms with van der Waals surface area (Å²) < 4.78 is 5.28. The number of amides is 2. The van der Waals surface area contributed by atoms with Gasteiger partial charge in [-0.05, 0) is 62.0 Å². The van der Waals surface area contributed by atoms with Crippen LogP contribution < -0.4 is 10.6 Å². The lowest BCUT2D eigenvalue weighted by Crippen LogP contribution is -2.40. The van der Waals surface area contributed by atoms with Gasteiger partial charge < -0.3 is 20.3 Å². The molecule has 0 radical (unpaired) electrons. The molecule has 1 aromatic carbocycles. The van der Waals surface area contributed by atoms with Gasteiger partial charge in [-0.15, -0.1) is 0 Å². The maximum absolute atomic E-state index is 12.5. The molecule has 3 fully saturated rings. The summed E-state index contributed by atoms with van der Waals surface area (Å²) in [6.45, 7) is 4.49. The van der Waals surface area contributed by atoms with Crippen molar-refractivity contribution in [2.75, 3.05) is 44.7 Å². The van der Waals surface area contributed by atoms with Crippen molar-refractivity contribution in [3.8, 4) is 0 Å². The van der Waals surface area contributed by atoms with Crippen molar-refractivity contribution in [3.05, 3.63) is 29.8 Å². The second-order valence-electron chi connectivity index (χ2n) is 7.34. The first-order valence-electron chi connectivity index (χ1n) is 9.17. The Bertz CT molecular complexity index is 646. The van der Waals surface area contributed by atoms with Gasteiger partial charge in [-0.1, -0.05) is 0 Å². The number of hydrogen-bond donors (Lipinski definition) is 2. The summed E-state index contributed by atoms with van der Waals surface area (Å²) in [6, 6.07) is 7.23. The van der Waals surface area contributed by atoms with E-state index in [2.05, 4.69) is 10.6 Å². The Kier molecular flexibility index (Phi) is 4.48. The van der Waals surface area contributed by atoms with Crippen LogP contribution in [-0.2, 0) is 9.53 Å². The highest BCUT2D eigenvalue weighted by atomic mass is 16.5. The van der Waals surface area contributed by atoms with Crippen molar-refractivity contribution in [2.45, 2.75) is 19.3 Å². The Balaban J connectivity index is 1.34. The van der Waals surface area contributed by atoms with E-state index in [0.29, 0.717) is 31.9 Å². The van der Waals surface area contributed by atoms with E-state index in [1.807, 2.05) is 17.0 Å². The van der Waals surface area contributed by atoms with Crippen LogP contribution >= 0.6 is 0 Å². The molecule has 1 spiro atoms. The Morgan fingerprint density at radius 2 is 1.80 bits per heavy atom. The van der Waals surface area contributed by atoms with Crippen LogP contribution in [-0.4, -0.2) is 56.1 Å². The Morgan fingerprint density at radius 1 is 1.12 bits per heavy atom. The highest BCUT2D eigenvalue weighted by Gasteiger charge is 2.57. The van der Waals surface area contributed by atoms with Crippen LogP contribution in [0.1, 0.15) is 29.6 Å². The second-order valence-corrected chi connectivity index (χ2v) is 7.34. The van der Waals surface area contributed by atoms with Crippen LogP contribution in [0.3, 0.4) is 0 Å². The van der Waals surface area contributed by atoms with E-state index >= 15 is 0 Å². The number of carbonyl (C=O) groups is 2. The van der Waals surface area contributed by atoms with Crippen molar-refractivity contribution >= 4 is 17.5 Å². The van der Waals surface area contributed by atoms with Gasteiger partial charge in [-0.25, -0.2) is 0 Å². The van der Waals surface area contributed by atoms with E-state index in [-0.39, 0.29) is 23.1 Å². The molecule has 1 aliphatic carbocycles. The van der Waals surface area contributed by atoms with E-state index in [1.54, 1.807) is 12.1 Å². The normalized spacial score (nSPS) is 24.8. The average Bonchev–Trinajstić information content (AvgIpc) is 3.36. The van der Waals surface area contributed by atoms with Crippen molar-refractivity contribution in [1.82, 2.24) is 10.2 Å². The van der Waals surface area contributed by atoms with Gasteiger partial charge in [-0.3, -0.25) is 9.59 Å². The molecule has 1 unspecified atom stereocenters. The largest absolute Gasteiger partial charge is 0.378 e. The average molecular weight is 343 g/mol. The number of ether oxygens (including phenoxy) is 1. The zero-order chi connectivity index (χ0) is 17.3. The minimum absolute atomic E-state index is 0.0250. The first kappa shape index (κ1) is 16.5. The van der Waals surface area contributed by atoms with E-state index in [9.17, 15) is 9.59 Å². The molecule has 1 saturated carbocycles. The van der Waals surface area contributed by atoms with Gasteiger partial charge in [-0.2, -0.15) is 0 Å². The molecule has 3 aliphatic rings. The number of nitrogens with one attached hydrogen (secondary N) is 2. The molecule has 0 bridgehead atoms. The number of hydrogen-bond acceptors (Lipinski definition) is 4. The Hall–Kier alpha value is -1.92. The fraction of sp³-hybridized carbons (Fsp3) is 0.579. The van der Waals surface area contributed by atoms with Crippen LogP contribution in [0.2, 0.25) is 0 Å². The number of piperidine rings is 1. The van der Waals surface area contributed by atoms with E-state index in [0.717, 1.165) is 38.0 Å². The van der Waals surface area contributed by atoms with E-state index in [4.69, 9.17) is 4.74 Å². The summed E-state index contributed by atoms with van der Waals surface area (Å²) in [6.07, 6.45) is 3.20. The predicted molar refractivity (Wildman–Crippen MR) is 94.4 cm³/mol. The van der Waals surface area contributed by atoms with Crippen LogP contribution in [0.5, 0.6) is 0 Å². The van der Waals surface area contributed by atoms with Crippen LogP contribution in [0.4, 0.5) is 5.69 Å². The molecule has 2 saturated heterocycles. The van der Waals surface area contributed by atoms with Gasteiger partial charge >= 0.3 is 0 Å². The van der Waals surface area contributed by atoms with Gasteiger partial charge in [0, 0.05) is 30.3 Å². The summed E-state index contributed by atoms with van der Waals surface area (Å²) in [5.74, 6) is 0.287. The van der Waals surface area contributed by atoms with Crippen molar-refractivity contribution in [1.29, 1.82) is 0 Å². The van der Waals surface area contributed by atoms with E-state index in [1.165, 1.54) is 0 Å². The molecular formula is C19H25N3O3. The molecule has 1 atom stereocenters. The van der Waals surface area contributed by atoms with Gasteiger partial charge in [0.25, 0.3) is 5.91 Å². The lowest BCUT2D eigenvalue weighted by Gasteiger charge is -2.26. The van der Waals surface area contributed by atoms with Gasteiger partial charge in [0.15, 0.2) is 0 Å². The molecular weight excluding hydrogens is 318 g/mol. The summed E-state index contributed by atoms with van der Waals surface area (Å²) in [5, 5.41) is 6.37. The third-order valence-corrected chi connectivity index (χ3v) is 5.80. The Labute approximate surface area is 147 Å². The standard InChI is InChI=1S/C19H25N3O3/c23-17(16-13-19(16)5-7-20-8-6-19)21-15-3-1-14(2-4-15)18(24)22-9-11-25-12-10-22/h1-4,16,20H,5-13H2,(H,21,23). The molecule has 6 nitrogen and oxygen atoms in total. The monoisotopic (exact) mass is 343 g/mol. The highest BCUT2D eigenvalue weighted by Crippen LogP contribution is 2.58. The lowest BCUT2D eigenvalue weighted by atomic mass is 9.92. The van der Waals surface area contributed by atoms with Gasteiger partial charge in [0.2, 0.25) is 5.91 Å². The minimum Gasteiger partial charge on any atom is -0.378 e. The molecule has 2 N–H and O–H groups in total. The van der Waals surface area contributed by atoms with Gasteiger partial charge in [0.05, 0.1) is 13.2 Å². The third kappa shape index (κ3) is 3.41. The first-order valence-corrected chi connectivity index (χ1v) is 9.17. The topological polar surface area (TPSA) is 70.7 Å². The molecule has 4 rings (SSSR count). The molecule has 2 amide bonds. The fourth-order valence-corrected chi connectivity index (χ4v) is 4.07. The van der Waals surface area contributed by atoms with Crippen LogP contribution in [0.15, 0.2) is 24.3 Å². The summed E-state index contributed by atoms with van der Waals surface area (Å²) >= 11 is 0. The van der Waals surface area contributed by atoms with E-state index < -0.39 is 0 Å². The minimum atomic E-state index is 0.0250. The number of morpholine rings is 1. The van der Waals surface area contributed by atoms with Crippen LogP contribution in [0.25, 0.3) is 0 Å². The number of anilines is 1. The molecule has 0 aromatic heterocycles. The molecule has 2 aliphatic heterocycles. The van der Waals surface area contributed by atoms with Crippen molar-refractivity contribution < 1.29 is 14.3 Å². The number of carbonyl (C=O) groups excluding carboxylic acids is 2. The quantitative estimate of drug-likeness (QED) is 0.872. The van der Waals surface area contributed by atoms with Crippen molar-refractivity contribution in [2.24, 2.45) is 11.3 Å². The SMILES string of the molecule is O=C(Nc1ccc(C(=O)N2CCOCC2)cc1)C1CC12CCNCC2. The summed E-state index contributed by atoms with van der Waals surface area (Å²) in [4.78, 5) is 26.7. The number of nitrogens with zero attached hydrogens (tertiary/aromatic N) is 1. The Morgan fingerprint density at radius 3 is 2.48 bits per heavy atom. The summed E-state index contributed by atoms with van der Waals surface area (Å²) in [7, 11) is 0. The smallest absolute Gasteiger partial charge is 0.254 e. The zero-order valence-electron chi connectivity index (χ0n) is 14.4.